The highest BCUT2D eigenvalue weighted by Gasteiger charge is 2.29. The van der Waals surface area contributed by atoms with Gasteiger partial charge in [0.2, 0.25) is 0 Å². The summed E-state index contributed by atoms with van der Waals surface area (Å²) in [5.41, 5.74) is 0.653. The zero-order valence-electron chi connectivity index (χ0n) is 17.0. The van der Waals surface area contributed by atoms with Crippen molar-refractivity contribution in [2.24, 2.45) is 0 Å². The van der Waals surface area contributed by atoms with Crippen LogP contribution in [0.5, 0.6) is 5.75 Å². The fourth-order valence-corrected chi connectivity index (χ4v) is 4.13. The first-order valence-electron chi connectivity index (χ1n) is 10.0. The smallest absolute Gasteiger partial charge is 0.260 e. The van der Waals surface area contributed by atoms with Crippen LogP contribution < -0.4 is 10.1 Å². The van der Waals surface area contributed by atoms with E-state index in [9.17, 15) is 9.59 Å². The number of rotatable bonds is 4. The second-order valence-electron chi connectivity index (χ2n) is 7.79. The summed E-state index contributed by atoms with van der Waals surface area (Å²) in [4.78, 5) is 29.1. The summed E-state index contributed by atoms with van der Waals surface area (Å²) >= 11 is 0. The van der Waals surface area contributed by atoms with E-state index in [4.69, 9.17) is 4.74 Å². The largest absolute Gasteiger partial charge is 0.484 e. The minimum absolute atomic E-state index is 0. The second-order valence-corrected chi connectivity index (χ2v) is 7.79. The maximum Gasteiger partial charge on any atom is 0.260 e. The number of nitrogens with zero attached hydrogens (tertiary/aromatic N) is 2. The van der Waals surface area contributed by atoms with Crippen LogP contribution in [0.1, 0.15) is 50.4 Å². The number of hydrogen-bond donors (Lipinski definition) is 1. The highest BCUT2D eigenvalue weighted by atomic mass is 35.5. The fraction of sp³-hybridized carbons (Fsp3) is 0.619. The molecule has 2 fully saturated rings. The van der Waals surface area contributed by atoms with E-state index in [1.165, 1.54) is 6.42 Å². The minimum Gasteiger partial charge on any atom is -0.484 e. The van der Waals surface area contributed by atoms with Gasteiger partial charge in [0, 0.05) is 43.3 Å². The molecule has 2 heterocycles. The standard InChI is InChI=1S/C21H31N3O3.ClH/c1-15-5-4-6-16(2)24(15)20(25)14-27-19-9-7-18(8-10-19)21(26)23-12-11-22-13-17(23)3;/h7-10,15-17,22H,4-6,11-14H2,1-3H3;1H. The van der Waals surface area contributed by atoms with Crippen LogP contribution in [0.25, 0.3) is 0 Å². The molecular weight excluding hydrogens is 378 g/mol. The number of benzene rings is 1. The fourth-order valence-electron chi connectivity index (χ4n) is 4.13. The maximum absolute atomic E-state index is 12.7. The Hall–Kier alpha value is -1.79. The minimum atomic E-state index is 0. The molecule has 1 aromatic rings. The molecule has 2 aliphatic rings. The molecule has 1 N–H and O–H groups in total. The van der Waals surface area contributed by atoms with Crippen LogP contribution in [0.3, 0.4) is 0 Å². The SMILES string of the molecule is CC1CNCCN1C(=O)c1ccc(OCC(=O)N2C(C)CCCC2C)cc1.Cl. The third-order valence-electron chi connectivity index (χ3n) is 5.71. The molecule has 0 radical (unpaired) electrons. The Kier molecular flexibility index (Phi) is 8.13. The van der Waals surface area contributed by atoms with E-state index in [1.54, 1.807) is 24.3 Å². The summed E-state index contributed by atoms with van der Waals surface area (Å²) in [7, 11) is 0. The van der Waals surface area contributed by atoms with Crippen LogP contribution in [0, 0.1) is 0 Å². The Morgan fingerprint density at radius 2 is 1.71 bits per heavy atom. The Morgan fingerprint density at radius 3 is 2.32 bits per heavy atom. The number of carbonyl (C=O) groups is 2. The molecule has 3 unspecified atom stereocenters. The van der Waals surface area contributed by atoms with Crippen LogP contribution in [0.2, 0.25) is 0 Å². The molecule has 2 amide bonds. The van der Waals surface area contributed by atoms with Crippen LogP contribution in [-0.4, -0.2) is 66.0 Å². The van der Waals surface area contributed by atoms with E-state index in [-0.39, 0.29) is 49.0 Å². The van der Waals surface area contributed by atoms with Crippen LogP contribution in [0.15, 0.2) is 24.3 Å². The van der Waals surface area contributed by atoms with Crippen molar-refractivity contribution in [3.05, 3.63) is 29.8 Å². The predicted octanol–water partition coefficient (Wildman–Crippen LogP) is 2.71. The quantitative estimate of drug-likeness (QED) is 0.830. The summed E-state index contributed by atoms with van der Waals surface area (Å²) in [5, 5.41) is 3.29. The van der Waals surface area contributed by atoms with E-state index in [2.05, 4.69) is 26.1 Å². The Labute approximate surface area is 174 Å². The summed E-state index contributed by atoms with van der Waals surface area (Å²) in [6.45, 7) is 8.66. The van der Waals surface area contributed by atoms with Gasteiger partial charge in [0.05, 0.1) is 0 Å². The number of halogens is 1. The molecule has 3 rings (SSSR count). The van der Waals surface area contributed by atoms with Crippen molar-refractivity contribution in [1.82, 2.24) is 15.1 Å². The predicted molar refractivity (Wildman–Crippen MR) is 112 cm³/mol. The molecule has 156 valence electrons. The first kappa shape index (κ1) is 22.5. The van der Waals surface area contributed by atoms with Crippen molar-refractivity contribution in [2.75, 3.05) is 26.2 Å². The van der Waals surface area contributed by atoms with Crippen molar-refractivity contribution in [2.45, 2.75) is 58.2 Å². The van der Waals surface area contributed by atoms with Crippen LogP contribution in [-0.2, 0) is 4.79 Å². The molecule has 0 saturated carbocycles. The van der Waals surface area contributed by atoms with Gasteiger partial charge in [-0.1, -0.05) is 0 Å². The molecule has 28 heavy (non-hydrogen) atoms. The topological polar surface area (TPSA) is 61.9 Å². The molecule has 6 nitrogen and oxygen atoms in total. The third-order valence-corrected chi connectivity index (χ3v) is 5.71. The normalized spacial score (nSPS) is 25.0. The number of amides is 2. The highest BCUT2D eigenvalue weighted by Crippen LogP contribution is 2.23. The number of nitrogens with one attached hydrogen (secondary N) is 1. The van der Waals surface area contributed by atoms with Gasteiger partial charge in [-0.25, -0.2) is 0 Å². The lowest BCUT2D eigenvalue weighted by molar-refractivity contribution is -0.139. The summed E-state index contributed by atoms with van der Waals surface area (Å²) < 4.78 is 5.69. The average molecular weight is 410 g/mol. The molecule has 0 spiro atoms. The van der Waals surface area contributed by atoms with E-state index < -0.39 is 0 Å². The lowest BCUT2D eigenvalue weighted by Crippen LogP contribution is -2.52. The first-order chi connectivity index (χ1) is 13.0. The monoisotopic (exact) mass is 409 g/mol. The van der Waals surface area contributed by atoms with E-state index in [0.29, 0.717) is 11.3 Å². The Bertz CT molecular complexity index is 657. The summed E-state index contributed by atoms with van der Waals surface area (Å²) in [5.74, 6) is 0.692. The zero-order valence-corrected chi connectivity index (χ0v) is 17.8. The lowest BCUT2D eigenvalue weighted by atomic mass is 9.97. The highest BCUT2D eigenvalue weighted by molar-refractivity contribution is 5.94. The Balaban J connectivity index is 0.00000280. The van der Waals surface area contributed by atoms with Gasteiger partial charge in [0.1, 0.15) is 5.75 Å². The van der Waals surface area contributed by atoms with E-state index >= 15 is 0 Å². The van der Waals surface area contributed by atoms with Crippen LogP contribution >= 0.6 is 12.4 Å². The number of likely N-dealkylation sites (tertiary alicyclic amines) is 1. The van der Waals surface area contributed by atoms with Gasteiger partial charge in [-0.15, -0.1) is 12.4 Å². The maximum atomic E-state index is 12.7. The van der Waals surface area contributed by atoms with Gasteiger partial charge in [-0.2, -0.15) is 0 Å². The van der Waals surface area contributed by atoms with Crippen LogP contribution in [0.4, 0.5) is 0 Å². The van der Waals surface area contributed by atoms with Crippen molar-refractivity contribution in [3.63, 3.8) is 0 Å². The second kappa shape index (κ2) is 10.1. The van der Waals surface area contributed by atoms with Gasteiger partial charge in [-0.3, -0.25) is 9.59 Å². The molecular formula is C21H32ClN3O3. The average Bonchev–Trinajstić information content (AvgIpc) is 2.66. The first-order valence-corrected chi connectivity index (χ1v) is 10.0. The van der Waals surface area contributed by atoms with Crippen molar-refractivity contribution in [1.29, 1.82) is 0 Å². The molecule has 7 heteroatoms. The number of piperazine rings is 1. The number of hydrogen-bond acceptors (Lipinski definition) is 4. The molecule has 0 bridgehead atoms. The molecule has 2 saturated heterocycles. The zero-order chi connectivity index (χ0) is 19.4. The number of piperidine rings is 1. The third kappa shape index (κ3) is 5.17. The van der Waals surface area contributed by atoms with Gasteiger partial charge >= 0.3 is 0 Å². The van der Waals surface area contributed by atoms with Crippen molar-refractivity contribution in [3.8, 4) is 5.75 Å². The molecule has 0 aliphatic carbocycles. The van der Waals surface area contributed by atoms with Gasteiger partial charge in [-0.05, 0) is 64.3 Å². The lowest BCUT2D eigenvalue weighted by Gasteiger charge is -2.39. The van der Waals surface area contributed by atoms with E-state index in [0.717, 1.165) is 32.5 Å². The number of ether oxygens (including phenoxy) is 1. The Morgan fingerprint density at radius 1 is 1.07 bits per heavy atom. The van der Waals surface area contributed by atoms with Crippen molar-refractivity contribution < 1.29 is 14.3 Å². The summed E-state index contributed by atoms with van der Waals surface area (Å²) in [6.07, 6.45) is 3.28. The summed E-state index contributed by atoms with van der Waals surface area (Å²) in [6, 6.07) is 7.84. The van der Waals surface area contributed by atoms with Gasteiger partial charge in [0.15, 0.2) is 6.61 Å². The van der Waals surface area contributed by atoms with Crippen molar-refractivity contribution >= 4 is 24.2 Å². The molecule has 3 atom stereocenters. The van der Waals surface area contributed by atoms with Gasteiger partial charge in [0.25, 0.3) is 11.8 Å². The van der Waals surface area contributed by atoms with Gasteiger partial charge < -0.3 is 19.9 Å². The number of carbonyl (C=O) groups excluding carboxylic acids is 2. The molecule has 0 aromatic heterocycles. The van der Waals surface area contributed by atoms with E-state index in [1.807, 2.05) is 9.80 Å². The molecule has 1 aromatic carbocycles. The molecule has 2 aliphatic heterocycles.